The molecule has 0 saturated heterocycles. The van der Waals surface area contributed by atoms with E-state index in [-0.39, 0.29) is 5.92 Å². The van der Waals surface area contributed by atoms with Crippen LogP contribution >= 0.6 is 0 Å². The highest BCUT2D eigenvalue weighted by atomic mass is 16.4. The van der Waals surface area contributed by atoms with Crippen LogP contribution in [0.25, 0.3) is 6.08 Å². The predicted octanol–water partition coefficient (Wildman–Crippen LogP) is 4.42. The van der Waals surface area contributed by atoms with Crippen molar-refractivity contribution in [3.63, 3.8) is 0 Å². The maximum absolute atomic E-state index is 9.14. The molecule has 0 radical (unpaired) electrons. The minimum absolute atomic E-state index is 0.217. The van der Waals surface area contributed by atoms with E-state index in [1.54, 1.807) is 6.21 Å². The lowest BCUT2D eigenvalue weighted by Crippen LogP contribution is -2.13. The summed E-state index contributed by atoms with van der Waals surface area (Å²) in [7, 11) is 4.05. The van der Waals surface area contributed by atoms with Crippen molar-refractivity contribution in [2.24, 2.45) is 5.16 Å². The van der Waals surface area contributed by atoms with E-state index in [1.807, 2.05) is 14.1 Å². The Morgan fingerprint density at radius 1 is 1.04 bits per heavy atom. The van der Waals surface area contributed by atoms with Gasteiger partial charge in [-0.1, -0.05) is 47.1 Å². The van der Waals surface area contributed by atoms with Crippen LogP contribution in [0.5, 0.6) is 0 Å². The van der Waals surface area contributed by atoms with E-state index in [1.165, 1.54) is 22.3 Å². The van der Waals surface area contributed by atoms with Gasteiger partial charge in [-0.3, -0.25) is 0 Å². The minimum Gasteiger partial charge on any atom is -0.411 e. The monoisotopic (exact) mass is 306 g/mol. The normalized spacial score (nSPS) is 16.5. The zero-order valence-electron chi connectivity index (χ0n) is 14.0. The number of hydrogen-bond donors (Lipinski definition) is 1. The summed E-state index contributed by atoms with van der Waals surface area (Å²) in [6.45, 7) is 4.25. The molecule has 3 heteroatoms. The second-order valence-electron chi connectivity index (χ2n) is 6.30. The van der Waals surface area contributed by atoms with Crippen LogP contribution in [-0.2, 0) is 0 Å². The maximum Gasteiger partial charge on any atom is 0.0740 e. The average Bonchev–Trinajstić information content (AvgIpc) is 2.85. The zero-order chi connectivity index (χ0) is 16.6. The van der Waals surface area contributed by atoms with Crippen LogP contribution in [0.1, 0.15) is 40.7 Å². The third kappa shape index (κ3) is 2.52. The van der Waals surface area contributed by atoms with Gasteiger partial charge in [-0.2, -0.15) is 0 Å². The first-order valence-electron chi connectivity index (χ1n) is 7.80. The van der Waals surface area contributed by atoms with Crippen molar-refractivity contribution in [3.05, 3.63) is 69.8 Å². The van der Waals surface area contributed by atoms with Crippen LogP contribution in [0.3, 0.4) is 0 Å². The van der Waals surface area contributed by atoms with E-state index in [2.05, 4.69) is 66.4 Å². The van der Waals surface area contributed by atoms with E-state index in [0.717, 1.165) is 16.8 Å². The van der Waals surface area contributed by atoms with Crippen molar-refractivity contribution in [1.29, 1.82) is 0 Å². The Bertz CT molecular complexity index is 803. The molecule has 0 aliphatic heterocycles. The van der Waals surface area contributed by atoms with Gasteiger partial charge < -0.3 is 10.1 Å². The number of allylic oxidation sites excluding steroid dienone is 1. The van der Waals surface area contributed by atoms with Crippen LogP contribution in [0, 0.1) is 6.92 Å². The minimum atomic E-state index is 0.217. The van der Waals surface area contributed by atoms with Gasteiger partial charge in [0.2, 0.25) is 0 Å². The van der Waals surface area contributed by atoms with E-state index in [0.29, 0.717) is 0 Å². The molecule has 0 heterocycles. The standard InChI is InChI=1S/C20H22N2O/c1-13-11-15-7-5-6-8-16(15)20(13)17-9-10-19(22(3)4)14(2)18(17)12-21-23/h5-12,20,23H,1-4H3. The molecular weight excluding hydrogens is 284 g/mol. The molecule has 0 amide bonds. The van der Waals surface area contributed by atoms with Crippen LogP contribution in [0.15, 0.2) is 47.1 Å². The smallest absolute Gasteiger partial charge is 0.0740 e. The lowest BCUT2D eigenvalue weighted by Gasteiger charge is -2.23. The molecule has 0 saturated carbocycles. The topological polar surface area (TPSA) is 35.8 Å². The van der Waals surface area contributed by atoms with Gasteiger partial charge in [0, 0.05) is 31.3 Å². The van der Waals surface area contributed by atoms with Gasteiger partial charge in [0.05, 0.1) is 6.21 Å². The van der Waals surface area contributed by atoms with Crippen molar-refractivity contribution in [2.75, 3.05) is 19.0 Å². The molecule has 0 aromatic heterocycles. The van der Waals surface area contributed by atoms with Crippen LogP contribution in [0.2, 0.25) is 0 Å². The second kappa shape index (κ2) is 5.92. The number of nitrogens with zero attached hydrogens (tertiary/aromatic N) is 2. The molecule has 3 rings (SSSR count). The Morgan fingerprint density at radius 2 is 1.78 bits per heavy atom. The molecule has 1 atom stereocenters. The SMILES string of the molecule is CC1=Cc2ccccc2C1c1ccc(N(C)C)c(C)c1C=NO. The maximum atomic E-state index is 9.14. The number of rotatable bonds is 3. The van der Waals surface area contributed by atoms with Gasteiger partial charge in [0.25, 0.3) is 0 Å². The number of oxime groups is 1. The summed E-state index contributed by atoms with van der Waals surface area (Å²) in [5.74, 6) is 0.217. The van der Waals surface area contributed by atoms with Gasteiger partial charge in [-0.05, 0) is 42.2 Å². The molecule has 1 unspecified atom stereocenters. The third-order valence-corrected chi connectivity index (χ3v) is 4.65. The van der Waals surface area contributed by atoms with E-state index in [4.69, 9.17) is 5.21 Å². The molecule has 2 aromatic carbocycles. The van der Waals surface area contributed by atoms with Gasteiger partial charge in [0.1, 0.15) is 0 Å². The van der Waals surface area contributed by atoms with Crippen molar-refractivity contribution < 1.29 is 5.21 Å². The molecule has 0 fully saturated rings. The highest BCUT2D eigenvalue weighted by Crippen LogP contribution is 2.43. The highest BCUT2D eigenvalue weighted by Gasteiger charge is 2.26. The van der Waals surface area contributed by atoms with E-state index in [9.17, 15) is 0 Å². The number of anilines is 1. The van der Waals surface area contributed by atoms with Gasteiger partial charge in [-0.15, -0.1) is 0 Å². The lowest BCUT2D eigenvalue weighted by molar-refractivity contribution is 0.322. The first-order chi connectivity index (χ1) is 11.0. The molecule has 0 spiro atoms. The highest BCUT2D eigenvalue weighted by molar-refractivity contribution is 5.88. The number of hydrogen-bond acceptors (Lipinski definition) is 3. The largest absolute Gasteiger partial charge is 0.411 e. The second-order valence-corrected chi connectivity index (χ2v) is 6.30. The van der Waals surface area contributed by atoms with Gasteiger partial charge in [0.15, 0.2) is 0 Å². The third-order valence-electron chi connectivity index (χ3n) is 4.65. The lowest BCUT2D eigenvalue weighted by atomic mass is 9.84. The summed E-state index contributed by atoms with van der Waals surface area (Å²) < 4.78 is 0. The first-order valence-corrected chi connectivity index (χ1v) is 7.80. The number of benzene rings is 2. The Kier molecular flexibility index (Phi) is 3.95. The van der Waals surface area contributed by atoms with Crippen LogP contribution in [-0.4, -0.2) is 25.5 Å². The van der Waals surface area contributed by atoms with Crippen molar-refractivity contribution in [1.82, 2.24) is 0 Å². The van der Waals surface area contributed by atoms with Gasteiger partial charge in [-0.25, -0.2) is 0 Å². The van der Waals surface area contributed by atoms with Crippen molar-refractivity contribution in [3.8, 4) is 0 Å². The van der Waals surface area contributed by atoms with Crippen molar-refractivity contribution >= 4 is 18.0 Å². The van der Waals surface area contributed by atoms with E-state index >= 15 is 0 Å². The predicted molar refractivity (Wildman–Crippen MR) is 96.8 cm³/mol. The van der Waals surface area contributed by atoms with Crippen molar-refractivity contribution in [2.45, 2.75) is 19.8 Å². The van der Waals surface area contributed by atoms with Crippen LogP contribution in [0.4, 0.5) is 5.69 Å². The quantitative estimate of drug-likeness (QED) is 0.518. The molecule has 1 N–H and O–H groups in total. The Labute approximate surface area is 137 Å². The molecule has 118 valence electrons. The summed E-state index contributed by atoms with van der Waals surface area (Å²) in [6, 6.07) is 12.8. The molecule has 23 heavy (non-hydrogen) atoms. The zero-order valence-corrected chi connectivity index (χ0v) is 14.0. The molecule has 0 bridgehead atoms. The summed E-state index contributed by atoms with van der Waals surface area (Å²) in [6.07, 6.45) is 3.81. The number of fused-ring (bicyclic) bond motifs is 1. The summed E-state index contributed by atoms with van der Waals surface area (Å²) >= 11 is 0. The van der Waals surface area contributed by atoms with Gasteiger partial charge >= 0.3 is 0 Å². The molecule has 3 nitrogen and oxygen atoms in total. The molecule has 1 aliphatic rings. The fraction of sp³-hybridized carbons (Fsp3) is 0.250. The molecular formula is C20H22N2O. The fourth-order valence-corrected chi connectivity index (χ4v) is 3.60. The summed E-state index contributed by atoms with van der Waals surface area (Å²) in [5, 5.41) is 12.5. The Morgan fingerprint density at radius 3 is 2.48 bits per heavy atom. The summed E-state index contributed by atoms with van der Waals surface area (Å²) in [4.78, 5) is 2.08. The molecule has 1 aliphatic carbocycles. The Hall–Kier alpha value is -2.55. The molecule has 2 aromatic rings. The Balaban J connectivity index is 2.21. The average molecular weight is 306 g/mol. The first kappa shape index (κ1) is 15.3. The van der Waals surface area contributed by atoms with E-state index < -0.39 is 0 Å². The fourth-order valence-electron chi connectivity index (χ4n) is 3.60. The summed E-state index contributed by atoms with van der Waals surface area (Å²) in [5.41, 5.74) is 8.35. The van der Waals surface area contributed by atoms with Crippen LogP contribution < -0.4 is 4.90 Å².